The van der Waals surface area contributed by atoms with E-state index in [1.807, 2.05) is 0 Å². The van der Waals surface area contributed by atoms with Gasteiger partial charge in [0.2, 0.25) is 11.6 Å². The molecule has 1 aliphatic carbocycles. The molecule has 0 bridgehead atoms. The largest absolute Gasteiger partial charge is 0.394 e. The molecule has 1 heterocycles. The standard InChI is InChI=1S/C20H27N3O2.H4NO/c1-20(2)8-12-23(13-9-20)11-5-10-22-17-16(21)18(24)14-6-3-4-7-15(14)19(17)25;1-2/h3-4,6-7,22H,5,8-13,21H2,1-2H3;2H,1H3/q;+1. The number of fused-ring (bicyclic) bond motifs is 1. The van der Waals surface area contributed by atoms with Crippen molar-refractivity contribution in [2.45, 2.75) is 33.1 Å². The number of hydrogen-bond acceptors (Lipinski definition) is 6. The zero-order valence-corrected chi connectivity index (χ0v) is 16.3. The van der Waals surface area contributed by atoms with E-state index in [1.165, 1.54) is 12.8 Å². The van der Waals surface area contributed by atoms with Crippen LogP contribution in [0.25, 0.3) is 0 Å². The second-order valence-corrected chi connectivity index (χ2v) is 7.78. The van der Waals surface area contributed by atoms with Crippen molar-refractivity contribution in [3.63, 3.8) is 0 Å². The Labute approximate surface area is 160 Å². The fourth-order valence-electron chi connectivity index (χ4n) is 3.47. The summed E-state index contributed by atoms with van der Waals surface area (Å²) in [6, 6.07) is 6.84. The maximum atomic E-state index is 12.6. The monoisotopic (exact) mass is 375 g/mol. The van der Waals surface area contributed by atoms with Gasteiger partial charge in [-0.1, -0.05) is 38.1 Å². The number of Topliss-reactive ketones (excluding diaryl/α,β-unsaturated/α-hetero) is 2. The smallest absolute Gasteiger partial charge is 0.211 e. The molecule has 0 saturated carbocycles. The summed E-state index contributed by atoms with van der Waals surface area (Å²) in [5.74, 6) is 1.79. The maximum Gasteiger partial charge on any atom is 0.211 e. The first-order valence-corrected chi connectivity index (χ1v) is 9.35. The molecule has 0 spiro atoms. The van der Waals surface area contributed by atoms with E-state index >= 15 is 0 Å². The average molecular weight is 375 g/mol. The van der Waals surface area contributed by atoms with Gasteiger partial charge in [0.05, 0.1) is 0 Å². The number of rotatable bonds is 5. The molecular weight excluding hydrogens is 344 g/mol. The van der Waals surface area contributed by atoms with Gasteiger partial charge in [-0.2, -0.15) is 0 Å². The van der Waals surface area contributed by atoms with Crippen molar-refractivity contribution in [3.8, 4) is 0 Å². The Morgan fingerprint density at radius 3 is 2.26 bits per heavy atom. The number of benzene rings is 1. The van der Waals surface area contributed by atoms with Crippen LogP contribution in [0, 0.1) is 5.41 Å². The molecule has 27 heavy (non-hydrogen) atoms. The number of piperidine rings is 1. The highest BCUT2D eigenvalue weighted by molar-refractivity contribution is 6.26. The normalized spacial score (nSPS) is 19.3. The fraction of sp³-hybridized carbons (Fsp3) is 0.500. The second kappa shape index (κ2) is 9.12. The first-order chi connectivity index (χ1) is 12.9. The molecular formula is C20H31N4O3+. The zero-order valence-electron chi connectivity index (χ0n) is 16.3. The van der Waals surface area contributed by atoms with Crippen molar-refractivity contribution in [1.29, 1.82) is 0 Å². The number of ketones is 2. The Morgan fingerprint density at radius 2 is 1.67 bits per heavy atom. The molecule has 148 valence electrons. The number of allylic oxidation sites excluding steroid dienone is 2. The molecule has 1 aliphatic heterocycles. The van der Waals surface area contributed by atoms with Crippen molar-refractivity contribution < 1.29 is 20.7 Å². The second-order valence-electron chi connectivity index (χ2n) is 7.78. The summed E-state index contributed by atoms with van der Waals surface area (Å²) >= 11 is 0. The summed E-state index contributed by atoms with van der Waals surface area (Å²) in [4.78, 5) is 27.4. The van der Waals surface area contributed by atoms with Crippen LogP contribution in [-0.4, -0.2) is 47.9 Å². The zero-order chi connectivity index (χ0) is 20.0. The molecule has 0 aromatic heterocycles. The van der Waals surface area contributed by atoms with E-state index in [2.05, 4.69) is 30.0 Å². The molecule has 0 atom stereocenters. The Bertz CT molecular complexity index is 718. The number of likely N-dealkylation sites (tertiary alicyclic amines) is 1. The fourth-order valence-corrected chi connectivity index (χ4v) is 3.47. The minimum absolute atomic E-state index is 0.0309. The highest BCUT2D eigenvalue weighted by atomic mass is 16.4. The van der Waals surface area contributed by atoms with Crippen LogP contribution in [0.4, 0.5) is 0 Å². The maximum absolute atomic E-state index is 12.6. The highest BCUT2D eigenvalue weighted by Crippen LogP contribution is 2.29. The van der Waals surface area contributed by atoms with Gasteiger partial charge in [0.25, 0.3) is 0 Å². The van der Waals surface area contributed by atoms with Crippen LogP contribution in [0.3, 0.4) is 0 Å². The molecule has 7 heteroatoms. The van der Waals surface area contributed by atoms with Crippen molar-refractivity contribution >= 4 is 11.6 Å². The molecule has 1 saturated heterocycles. The number of hydrogen-bond donors (Lipinski definition) is 4. The third-order valence-electron chi connectivity index (χ3n) is 5.32. The van der Waals surface area contributed by atoms with Crippen LogP contribution < -0.4 is 16.9 Å². The van der Waals surface area contributed by atoms with Gasteiger partial charge in [-0.15, -0.1) is 0 Å². The topological polar surface area (TPSA) is 123 Å². The summed E-state index contributed by atoms with van der Waals surface area (Å²) in [6.07, 6.45) is 3.37. The molecule has 7 N–H and O–H groups in total. The van der Waals surface area contributed by atoms with Crippen LogP contribution in [0.1, 0.15) is 53.8 Å². The Hall–Kier alpha value is -2.22. The number of quaternary nitrogens is 1. The lowest BCUT2D eigenvalue weighted by atomic mass is 9.83. The third kappa shape index (κ3) is 4.94. The van der Waals surface area contributed by atoms with E-state index in [0.717, 1.165) is 26.1 Å². The summed E-state index contributed by atoms with van der Waals surface area (Å²) in [5, 5.41) is 9.86. The van der Waals surface area contributed by atoms with Crippen molar-refractivity contribution in [2.75, 3.05) is 26.2 Å². The summed E-state index contributed by atoms with van der Waals surface area (Å²) in [6.45, 7) is 8.53. The lowest BCUT2D eigenvalue weighted by molar-refractivity contribution is -0.670. The molecule has 2 aliphatic rings. The number of nitrogens with one attached hydrogen (secondary N) is 1. The molecule has 0 unspecified atom stereocenters. The van der Waals surface area contributed by atoms with Crippen LogP contribution in [-0.2, 0) is 0 Å². The van der Waals surface area contributed by atoms with Gasteiger partial charge in [0.15, 0.2) is 0 Å². The van der Waals surface area contributed by atoms with E-state index in [-0.39, 0.29) is 23.0 Å². The van der Waals surface area contributed by atoms with Crippen LogP contribution >= 0.6 is 0 Å². The van der Waals surface area contributed by atoms with Crippen molar-refractivity contribution in [2.24, 2.45) is 11.1 Å². The predicted molar refractivity (Wildman–Crippen MR) is 103 cm³/mol. The van der Waals surface area contributed by atoms with Crippen LogP contribution in [0.15, 0.2) is 35.7 Å². The van der Waals surface area contributed by atoms with Gasteiger partial charge < -0.3 is 16.0 Å². The molecule has 0 amide bonds. The van der Waals surface area contributed by atoms with Gasteiger partial charge in [0.1, 0.15) is 11.4 Å². The van der Waals surface area contributed by atoms with E-state index in [1.54, 1.807) is 24.3 Å². The van der Waals surface area contributed by atoms with Crippen LogP contribution in [0.2, 0.25) is 0 Å². The molecule has 1 fully saturated rings. The minimum atomic E-state index is -0.268. The lowest BCUT2D eigenvalue weighted by Gasteiger charge is -2.36. The highest BCUT2D eigenvalue weighted by Gasteiger charge is 2.30. The number of nitrogens with two attached hydrogens (primary N) is 1. The van der Waals surface area contributed by atoms with Gasteiger partial charge in [-0.3, -0.25) is 9.59 Å². The number of carbonyl (C=O) groups is 2. The van der Waals surface area contributed by atoms with Gasteiger partial charge in [0, 0.05) is 17.7 Å². The summed E-state index contributed by atoms with van der Waals surface area (Å²) in [7, 11) is 0. The van der Waals surface area contributed by atoms with Crippen molar-refractivity contribution in [3.05, 3.63) is 46.8 Å². The average Bonchev–Trinajstić information content (AvgIpc) is 2.68. The SMILES string of the molecule is CC1(C)CCN(CCCNC2=C(N)C(=O)c3ccccc3C2=O)CC1.[NH3+]O. The molecule has 0 radical (unpaired) electrons. The third-order valence-corrected chi connectivity index (χ3v) is 5.32. The quantitative estimate of drug-likeness (QED) is 0.449. The predicted octanol–water partition coefficient (Wildman–Crippen LogP) is 0.955. The lowest BCUT2D eigenvalue weighted by Crippen LogP contribution is -2.42. The van der Waals surface area contributed by atoms with Crippen molar-refractivity contribution in [1.82, 2.24) is 10.2 Å². The van der Waals surface area contributed by atoms with Gasteiger partial charge >= 0.3 is 0 Å². The van der Waals surface area contributed by atoms with E-state index in [4.69, 9.17) is 10.9 Å². The number of carbonyl (C=O) groups excluding carboxylic acids is 2. The Morgan fingerprint density at radius 1 is 1.11 bits per heavy atom. The van der Waals surface area contributed by atoms with Gasteiger partial charge in [-0.05, 0) is 44.3 Å². The molecule has 1 aromatic rings. The Kier molecular flexibility index (Phi) is 7.12. The summed E-state index contributed by atoms with van der Waals surface area (Å²) < 4.78 is 0. The minimum Gasteiger partial charge on any atom is -0.394 e. The van der Waals surface area contributed by atoms with Crippen LogP contribution in [0.5, 0.6) is 0 Å². The molecule has 3 rings (SSSR count). The van der Waals surface area contributed by atoms with E-state index in [0.29, 0.717) is 23.1 Å². The molecule has 7 nitrogen and oxygen atoms in total. The van der Waals surface area contributed by atoms with E-state index < -0.39 is 0 Å². The first kappa shape index (κ1) is 21.1. The van der Waals surface area contributed by atoms with Gasteiger partial charge in [-0.25, -0.2) is 11.1 Å². The van der Waals surface area contributed by atoms with E-state index in [9.17, 15) is 9.59 Å². The first-order valence-electron chi connectivity index (χ1n) is 9.35. The molecule has 1 aromatic carbocycles. The Balaban J connectivity index is 0.00000126. The number of nitrogens with zero attached hydrogens (tertiary/aromatic N) is 1. The summed E-state index contributed by atoms with van der Waals surface area (Å²) in [5.41, 5.74) is 7.49.